The second kappa shape index (κ2) is 4.01. The van der Waals surface area contributed by atoms with Crippen molar-refractivity contribution in [3.8, 4) is 0 Å². The van der Waals surface area contributed by atoms with Crippen LogP contribution in [0.4, 0.5) is 0 Å². The molecular formula is C11H13BrO2. The average Bonchev–Trinajstić information content (AvgIpc) is 2.69. The van der Waals surface area contributed by atoms with Crippen LogP contribution in [-0.2, 0) is 15.3 Å². The van der Waals surface area contributed by atoms with Gasteiger partial charge in [0.2, 0.25) is 5.79 Å². The van der Waals surface area contributed by atoms with Crippen LogP contribution < -0.4 is 0 Å². The van der Waals surface area contributed by atoms with Gasteiger partial charge < -0.3 is 9.47 Å². The largest absolute Gasteiger partial charge is 0.343 e. The SMILES string of the molecule is C[C@@H](Br)C1(c2ccccc2)OCCO1. The highest BCUT2D eigenvalue weighted by Gasteiger charge is 2.42. The second-order valence-electron chi connectivity index (χ2n) is 3.35. The summed E-state index contributed by atoms with van der Waals surface area (Å²) in [7, 11) is 0. The fourth-order valence-electron chi connectivity index (χ4n) is 1.72. The molecule has 0 aromatic heterocycles. The van der Waals surface area contributed by atoms with Crippen molar-refractivity contribution in [1.29, 1.82) is 0 Å². The number of hydrogen-bond donors (Lipinski definition) is 0. The third kappa shape index (κ3) is 1.60. The van der Waals surface area contributed by atoms with Gasteiger partial charge in [0.15, 0.2) is 0 Å². The summed E-state index contributed by atoms with van der Waals surface area (Å²) in [6.07, 6.45) is 0. The van der Waals surface area contributed by atoms with E-state index in [1.54, 1.807) is 0 Å². The molecule has 0 aliphatic carbocycles. The standard InChI is InChI=1S/C11H13BrO2/c1-9(12)11(13-7-8-14-11)10-5-3-2-4-6-10/h2-6,9H,7-8H2,1H3/t9-/m1/s1. The van der Waals surface area contributed by atoms with E-state index in [-0.39, 0.29) is 4.83 Å². The first-order valence-corrected chi connectivity index (χ1v) is 5.65. The van der Waals surface area contributed by atoms with Crippen LogP contribution in [0.2, 0.25) is 0 Å². The van der Waals surface area contributed by atoms with E-state index in [2.05, 4.69) is 15.9 Å². The fraction of sp³-hybridized carbons (Fsp3) is 0.455. The van der Waals surface area contributed by atoms with E-state index in [1.807, 2.05) is 37.3 Å². The highest BCUT2D eigenvalue weighted by molar-refractivity contribution is 9.09. The van der Waals surface area contributed by atoms with E-state index in [0.717, 1.165) is 5.56 Å². The molecule has 1 fully saturated rings. The summed E-state index contributed by atoms with van der Waals surface area (Å²) >= 11 is 3.55. The summed E-state index contributed by atoms with van der Waals surface area (Å²) in [5.74, 6) is -0.596. The quantitative estimate of drug-likeness (QED) is 0.758. The molecule has 1 aromatic rings. The summed E-state index contributed by atoms with van der Waals surface area (Å²) in [6, 6.07) is 10.0. The number of halogens is 1. The summed E-state index contributed by atoms with van der Waals surface area (Å²) in [5.41, 5.74) is 1.07. The first-order valence-electron chi connectivity index (χ1n) is 4.73. The van der Waals surface area contributed by atoms with Crippen molar-refractivity contribution in [3.63, 3.8) is 0 Å². The minimum absolute atomic E-state index is 0.139. The van der Waals surface area contributed by atoms with E-state index >= 15 is 0 Å². The Hall–Kier alpha value is -0.380. The normalized spacial score (nSPS) is 22.1. The molecule has 1 aliphatic rings. The van der Waals surface area contributed by atoms with Crippen molar-refractivity contribution in [2.75, 3.05) is 13.2 Å². The Bertz CT molecular complexity index is 291. The van der Waals surface area contributed by atoms with E-state index in [1.165, 1.54) is 0 Å². The lowest BCUT2D eigenvalue weighted by Gasteiger charge is -2.30. The molecule has 0 N–H and O–H groups in total. The van der Waals surface area contributed by atoms with Gasteiger partial charge in [-0.25, -0.2) is 0 Å². The van der Waals surface area contributed by atoms with Crippen LogP contribution in [0, 0.1) is 0 Å². The van der Waals surface area contributed by atoms with Gasteiger partial charge in [0, 0.05) is 5.56 Å². The predicted molar refractivity (Wildman–Crippen MR) is 58.4 cm³/mol. The second-order valence-corrected chi connectivity index (χ2v) is 4.72. The van der Waals surface area contributed by atoms with Crippen molar-refractivity contribution in [1.82, 2.24) is 0 Å². The third-order valence-electron chi connectivity index (χ3n) is 2.42. The van der Waals surface area contributed by atoms with Gasteiger partial charge in [-0.3, -0.25) is 0 Å². The predicted octanol–water partition coefficient (Wildman–Crippen LogP) is 2.67. The van der Waals surface area contributed by atoms with Crippen molar-refractivity contribution in [3.05, 3.63) is 35.9 Å². The maximum absolute atomic E-state index is 5.72. The monoisotopic (exact) mass is 256 g/mol. The highest BCUT2D eigenvalue weighted by atomic mass is 79.9. The van der Waals surface area contributed by atoms with Gasteiger partial charge in [-0.1, -0.05) is 46.3 Å². The van der Waals surface area contributed by atoms with Crippen LogP contribution >= 0.6 is 15.9 Å². The van der Waals surface area contributed by atoms with Gasteiger partial charge in [-0.2, -0.15) is 0 Å². The molecule has 2 rings (SSSR count). The minimum atomic E-state index is -0.596. The molecule has 0 bridgehead atoms. The third-order valence-corrected chi connectivity index (χ3v) is 3.02. The van der Waals surface area contributed by atoms with Crippen molar-refractivity contribution in [2.45, 2.75) is 17.5 Å². The lowest BCUT2D eigenvalue weighted by Crippen LogP contribution is -2.35. The molecule has 1 aliphatic heterocycles. The number of hydrogen-bond acceptors (Lipinski definition) is 2. The van der Waals surface area contributed by atoms with Crippen LogP contribution in [0.15, 0.2) is 30.3 Å². The first-order chi connectivity index (χ1) is 6.76. The van der Waals surface area contributed by atoms with E-state index in [9.17, 15) is 0 Å². The topological polar surface area (TPSA) is 18.5 Å². The smallest absolute Gasteiger partial charge is 0.207 e. The number of benzene rings is 1. The Kier molecular flexibility index (Phi) is 2.91. The van der Waals surface area contributed by atoms with E-state index in [4.69, 9.17) is 9.47 Å². The molecule has 1 aromatic carbocycles. The minimum Gasteiger partial charge on any atom is -0.343 e. The van der Waals surface area contributed by atoms with Crippen molar-refractivity contribution < 1.29 is 9.47 Å². The summed E-state index contributed by atoms with van der Waals surface area (Å²) < 4.78 is 11.4. The molecule has 0 saturated carbocycles. The molecule has 0 unspecified atom stereocenters. The summed E-state index contributed by atoms with van der Waals surface area (Å²) in [6.45, 7) is 3.36. The van der Waals surface area contributed by atoms with Gasteiger partial charge in [0.05, 0.1) is 18.0 Å². The van der Waals surface area contributed by atoms with Gasteiger partial charge in [-0.15, -0.1) is 0 Å². The van der Waals surface area contributed by atoms with Crippen LogP contribution in [0.5, 0.6) is 0 Å². The van der Waals surface area contributed by atoms with Crippen LogP contribution in [0.1, 0.15) is 12.5 Å². The highest BCUT2D eigenvalue weighted by Crippen LogP contribution is 2.38. The maximum Gasteiger partial charge on any atom is 0.207 e. The number of ether oxygens (including phenoxy) is 2. The van der Waals surface area contributed by atoms with Crippen LogP contribution in [-0.4, -0.2) is 18.0 Å². The molecule has 3 heteroatoms. The lowest BCUT2D eigenvalue weighted by atomic mass is 10.0. The van der Waals surface area contributed by atoms with Gasteiger partial charge in [-0.05, 0) is 6.92 Å². The molecular weight excluding hydrogens is 244 g/mol. The van der Waals surface area contributed by atoms with Crippen LogP contribution in [0.25, 0.3) is 0 Å². The van der Waals surface area contributed by atoms with Gasteiger partial charge in [0.1, 0.15) is 0 Å². The Morgan fingerprint density at radius 2 is 1.79 bits per heavy atom. The van der Waals surface area contributed by atoms with Crippen LogP contribution in [0.3, 0.4) is 0 Å². The fourth-order valence-corrected chi connectivity index (χ4v) is 2.25. The van der Waals surface area contributed by atoms with Crippen molar-refractivity contribution in [2.24, 2.45) is 0 Å². The molecule has 0 spiro atoms. The van der Waals surface area contributed by atoms with Gasteiger partial charge >= 0.3 is 0 Å². The maximum atomic E-state index is 5.72. The molecule has 2 nitrogen and oxygen atoms in total. The zero-order chi connectivity index (χ0) is 10.0. The summed E-state index contributed by atoms with van der Waals surface area (Å²) in [4.78, 5) is 0.139. The Morgan fingerprint density at radius 1 is 1.21 bits per heavy atom. The molecule has 0 radical (unpaired) electrons. The molecule has 1 atom stereocenters. The lowest BCUT2D eigenvalue weighted by molar-refractivity contribution is -0.161. The molecule has 76 valence electrons. The Balaban J connectivity index is 2.36. The van der Waals surface area contributed by atoms with Gasteiger partial charge in [0.25, 0.3) is 0 Å². The molecule has 14 heavy (non-hydrogen) atoms. The molecule has 1 heterocycles. The van der Waals surface area contributed by atoms with E-state index in [0.29, 0.717) is 13.2 Å². The zero-order valence-electron chi connectivity index (χ0n) is 8.07. The number of alkyl halides is 1. The van der Waals surface area contributed by atoms with E-state index < -0.39 is 5.79 Å². The Labute approximate surface area is 92.3 Å². The average molecular weight is 257 g/mol. The Morgan fingerprint density at radius 3 is 2.29 bits per heavy atom. The molecule has 0 amide bonds. The molecule has 1 saturated heterocycles. The zero-order valence-corrected chi connectivity index (χ0v) is 9.66. The van der Waals surface area contributed by atoms with Crippen molar-refractivity contribution >= 4 is 15.9 Å². The first kappa shape index (κ1) is 10.1. The summed E-state index contributed by atoms with van der Waals surface area (Å²) in [5, 5.41) is 0. The number of rotatable bonds is 2.